The molecule has 0 heterocycles. The SMILES string of the molecule is CNC1CCCC1Oc1ccccc1Cl. The van der Waals surface area contributed by atoms with Crippen LogP contribution in [0.25, 0.3) is 0 Å². The zero-order valence-corrected chi connectivity index (χ0v) is 9.63. The first kappa shape index (κ1) is 10.8. The van der Waals surface area contributed by atoms with Crippen molar-refractivity contribution in [3.63, 3.8) is 0 Å². The average Bonchev–Trinajstić information content (AvgIpc) is 2.69. The predicted molar refractivity (Wildman–Crippen MR) is 62.6 cm³/mol. The van der Waals surface area contributed by atoms with Gasteiger partial charge in [-0.05, 0) is 38.4 Å². The Balaban J connectivity index is 2.05. The van der Waals surface area contributed by atoms with E-state index in [2.05, 4.69) is 5.32 Å². The highest BCUT2D eigenvalue weighted by Crippen LogP contribution is 2.29. The number of para-hydroxylation sites is 1. The third kappa shape index (κ3) is 2.44. The molecule has 2 atom stereocenters. The second kappa shape index (κ2) is 4.86. The Morgan fingerprint density at radius 3 is 2.87 bits per heavy atom. The van der Waals surface area contributed by atoms with Crippen molar-refractivity contribution in [1.29, 1.82) is 0 Å². The Hall–Kier alpha value is -0.730. The molecular formula is C12H16ClNO. The molecule has 1 fully saturated rings. The lowest BCUT2D eigenvalue weighted by atomic mass is 10.2. The molecule has 2 nitrogen and oxygen atoms in total. The third-order valence-electron chi connectivity index (χ3n) is 2.94. The summed E-state index contributed by atoms with van der Waals surface area (Å²) in [5.41, 5.74) is 0. The van der Waals surface area contributed by atoms with Crippen LogP contribution in [0.2, 0.25) is 5.02 Å². The molecule has 0 radical (unpaired) electrons. The van der Waals surface area contributed by atoms with E-state index in [4.69, 9.17) is 16.3 Å². The van der Waals surface area contributed by atoms with Gasteiger partial charge in [0.1, 0.15) is 11.9 Å². The Kier molecular flexibility index (Phi) is 3.49. The van der Waals surface area contributed by atoms with Gasteiger partial charge < -0.3 is 10.1 Å². The van der Waals surface area contributed by atoms with Gasteiger partial charge in [-0.3, -0.25) is 0 Å². The van der Waals surface area contributed by atoms with E-state index in [-0.39, 0.29) is 6.10 Å². The number of ether oxygens (including phenoxy) is 1. The zero-order chi connectivity index (χ0) is 10.7. The van der Waals surface area contributed by atoms with Crippen LogP contribution in [0.15, 0.2) is 24.3 Å². The maximum Gasteiger partial charge on any atom is 0.138 e. The Bertz CT molecular complexity index is 329. The summed E-state index contributed by atoms with van der Waals surface area (Å²) in [7, 11) is 1.99. The highest BCUT2D eigenvalue weighted by molar-refractivity contribution is 6.32. The van der Waals surface area contributed by atoms with E-state index in [9.17, 15) is 0 Å². The predicted octanol–water partition coefficient (Wildman–Crippen LogP) is 2.86. The van der Waals surface area contributed by atoms with Crippen LogP contribution in [0.3, 0.4) is 0 Å². The molecule has 0 amide bonds. The largest absolute Gasteiger partial charge is 0.487 e. The first-order chi connectivity index (χ1) is 7.31. The highest BCUT2D eigenvalue weighted by Gasteiger charge is 2.27. The number of likely N-dealkylation sites (N-methyl/N-ethyl adjacent to an activating group) is 1. The van der Waals surface area contributed by atoms with Crippen molar-refractivity contribution in [2.45, 2.75) is 31.4 Å². The van der Waals surface area contributed by atoms with E-state index >= 15 is 0 Å². The molecule has 0 spiro atoms. The minimum absolute atomic E-state index is 0.259. The van der Waals surface area contributed by atoms with Crippen LogP contribution in [0, 0.1) is 0 Å². The molecule has 0 aliphatic heterocycles. The molecule has 15 heavy (non-hydrogen) atoms. The van der Waals surface area contributed by atoms with Gasteiger partial charge in [0.15, 0.2) is 0 Å². The normalized spacial score (nSPS) is 25.5. The second-order valence-corrected chi connectivity index (χ2v) is 4.32. The fourth-order valence-electron chi connectivity index (χ4n) is 2.10. The Morgan fingerprint density at radius 1 is 1.33 bits per heavy atom. The molecule has 2 rings (SSSR count). The fraction of sp³-hybridized carbons (Fsp3) is 0.500. The molecule has 1 aliphatic rings. The van der Waals surface area contributed by atoms with Crippen molar-refractivity contribution in [2.24, 2.45) is 0 Å². The molecule has 1 aromatic carbocycles. The van der Waals surface area contributed by atoms with Gasteiger partial charge in [-0.1, -0.05) is 23.7 Å². The van der Waals surface area contributed by atoms with Crippen LogP contribution in [0.5, 0.6) is 5.75 Å². The number of hydrogen-bond acceptors (Lipinski definition) is 2. The molecule has 3 heteroatoms. The first-order valence-electron chi connectivity index (χ1n) is 5.39. The van der Waals surface area contributed by atoms with Crippen LogP contribution >= 0.6 is 11.6 Å². The van der Waals surface area contributed by atoms with Crippen LogP contribution in [-0.2, 0) is 0 Å². The van der Waals surface area contributed by atoms with Crippen LogP contribution in [0.1, 0.15) is 19.3 Å². The topological polar surface area (TPSA) is 21.3 Å². The number of hydrogen-bond donors (Lipinski definition) is 1. The summed E-state index contributed by atoms with van der Waals surface area (Å²) in [6.45, 7) is 0. The minimum Gasteiger partial charge on any atom is -0.487 e. The Morgan fingerprint density at radius 2 is 2.13 bits per heavy atom. The summed E-state index contributed by atoms with van der Waals surface area (Å²) in [5, 5.41) is 3.98. The number of rotatable bonds is 3. The van der Waals surface area contributed by atoms with E-state index in [1.54, 1.807) is 0 Å². The summed E-state index contributed by atoms with van der Waals surface area (Å²) in [4.78, 5) is 0. The lowest BCUT2D eigenvalue weighted by molar-refractivity contribution is 0.179. The van der Waals surface area contributed by atoms with E-state index in [0.717, 1.165) is 12.2 Å². The smallest absolute Gasteiger partial charge is 0.138 e. The maximum absolute atomic E-state index is 6.05. The van der Waals surface area contributed by atoms with E-state index in [1.807, 2.05) is 31.3 Å². The summed E-state index contributed by atoms with van der Waals surface area (Å²) >= 11 is 6.05. The van der Waals surface area contributed by atoms with Gasteiger partial charge >= 0.3 is 0 Å². The standard InChI is InChI=1S/C12H16ClNO/c1-14-10-6-4-8-12(10)15-11-7-3-2-5-9(11)13/h2-3,5,7,10,12,14H,4,6,8H2,1H3. The van der Waals surface area contributed by atoms with Gasteiger partial charge in [0.05, 0.1) is 5.02 Å². The van der Waals surface area contributed by atoms with Crippen molar-refractivity contribution in [3.05, 3.63) is 29.3 Å². The van der Waals surface area contributed by atoms with Crippen molar-refractivity contribution in [2.75, 3.05) is 7.05 Å². The third-order valence-corrected chi connectivity index (χ3v) is 3.25. The monoisotopic (exact) mass is 225 g/mol. The van der Waals surface area contributed by atoms with Crippen LogP contribution in [0.4, 0.5) is 0 Å². The minimum atomic E-state index is 0.259. The zero-order valence-electron chi connectivity index (χ0n) is 8.87. The summed E-state index contributed by atoms with van der Waals surface area (Å²) in [5.74, 6) is 0.798. The van der Waals surface area contributed by atoms with Gasteiger partial charge in [-0.25, -0.2) is 0 Å². The van der Waals surface area contributed by atoms with Crippen molar-refractivity contribution >= 4 is 11.6 Å². The van der Waals surface area contributed by atoms with Crippen molar-refractivity contribution < 1.29 is 4.74 Å². The first-order valence-corrected chi connectivity index (χ1v) is 5.77. The Labute approximate surface area is 95.6 Å². The van der Waals surface area contributed by atoms with E-state index in [0.29, 0.717) is 11.1 Å². The molecule has 1 N–H and O–H groups in total. The molecular weight excluding hydrogens is 210 g/mol. The summed E-state index contributed by atoms with van der Waals surface area (Å²) < 4.78 is 5.92. The lowest BCUT2D eigenvalue weighted by Gasteiger charge is -2.21. The van der Waals surface area contributed by atoms with Crippen molar-refractivity contribution in [3.8, 4) is 5.75 Å². The van der Waals surface area contributed by atoms with Gasteiger partial charge in [-0.2, -0.15) is 0 Å². The molecule has 0 bridgehead atoms. The second-order valence-electron chi connectivity index (χ2n) is 3.91. The highest BCUT2D eigenvalue weighted by atomic mass is 35.5. The summed E-state index contributed by atoms with van der Waals surface area (Å²) in [6.07, 6.45) is 3.78. The average molecular weight is 226 g/mol. The molecule has 1 aromatic rings. The van der Waals surface area contributed by atoms with E-state index < -0.39 is 0 Å². The number of halogens is 1. The van der Waals surface area contributed by atoms with Gasteiger partial charge in [0.2, 0.25) is 0 Å². The summed E-state index contributed by atoms with van der Waals surface area (Å²) in [6, 6.07) is 8.11. The van der Waals surface area contributed by atoms with Crippen LogP contribution < -0.4 is 10.1 Å². The van der Waals surface area contributed by atoms with Gasteiger partial charge in [0.25, 0.3) is 0 Å². The fourth-order valence-corrected chi connectivity index (χ4v) is 2.28. The molecule has 2 unspecified atom stereocenters. The quantitative estimate of drug-likeness (QED) is 0.854. The molecule has 1 saturated carbocycles. The van der Waals surface area contributed by atoms with Gasteiger partial charge in [0, 0.05) is 6.04 Å². The number of benzene rings is 1. The molecule has 82 valence electrons. The molecule has 1 aliphatic carbocycles. The maximum atomic E-state index is 6.05. The molecule has 0 saturated heterocycles. The van der Waals surface area contributed by atoms with Crippen molar-refractivity contribution in [1.82, 2.24) is 5.32 Å². The number of nitrogens with one attached hydrogen (secondary N) is 1. The van der Waals surface area contributed by atoms with E-state index in [1.165, 1.54) is 12.8 Å². The molecule has 0 aromatic heterocycles. The van der Waals surface area contributed by atoms with Crippen LogP contribution in [-0.4, -0.2) is 19.2 Å². The van der Waals surface area contributed by atoms with Gasteiger partial charge in [-0.15, -0.1) is 0 Å². The lowest BCUT2D eigenvalue weighted by Crippen LogP contribution is -2.36.